The molecule has 0 radical (unpaired) electrons. The number of halogens is 1. The van der Waals surface area contributed by atoms with Crippen LogP contribution in [0, 0.1) is 17.0 Å². The van der Waals surface area contributed by atoms with Crippen LogP contribution >= 0.6 is 15.9 Å². The number of ether oxygens (including phenoxy) is 2. The van der Waals surface area contributed by atoms with Gasteiger partial charge in [0.05, 0.1) is 28.3 Å². The highest BCUT2D eigenvalue weighted by Crippen LogP contribution is 2.30. The first-order chi connectivity index (χ1) is 11.8. The Kier molecular flexibility index (Phi) is 5.97. The molecule has 0 saturated heterocycles. The highest BCUT2D eigenvalue weighted by Gasteiger charge is 2.19. The zero-order valence-electron chi connectivity index (χ0n) is 13.9. The van der Waals surface area contributed by atoms with Crippen molar-refractivity contribution in [1.29, 1.82) is 0 Å². The van der Waals surface area contributed by atoms with E-state index >= 15 is 0 Å². The maximum Gasteiger partial charge on any atom is 0.273 e. The van der Waals surface area contributed by atoms with Crippen LogP contribution in [0.4, 0.5) is 11.4 Å². The number of anilines is 1. The quantitative estimate of drug-likeness (QED) is 0.574. The zero-order valence-corrected chi connectivity index (χ0v) is 15.5. The standard InChI is InChI=1S/C17H17BrN2O5/c1-10-4-7-15(13(18)8-10)25-11(2)17(21)19-14-6-5-12(20(22)23)9-16(14)24-3/h4-9,11H,1-3H3,(H,19,21)/t11-/m0/s1. The van der Waals surface area contributed by atoms with Crippen molar-refractivity contribution in [3.05, 3.63) is 56.5 Å². The number of benzene rings is 2. The number of amides is 1. The summed E-state index contributed by atoms with van der Waals surface area (Å²) in [6.45, 7) is 3.56. The van der Waals surface area contributed by atoms with Gasteiger partial charge in [-0.3, -0.25) is 14.9 Å². The minimum absolute atomic E-state index is 0.122. The molecule has 1 N–H and O–H groups in total. The fraction of sp³-hybridized carbons (Fsp3) is 0.235. The van der Waals surface area contributed by atoms with Gasteiger partial charge in [-0.05, 0) is 53.5 Å². The molecule has 0 bridgehead atoms. The number of rotatable bonds is 6. The lowest BCUT2D eigenvalue weighted by atomic mass is 10.2. The minimum atomic E-state index is -0.779. The molecule has 25 heavy (non-hydrogen) atoms. The Balaban J connectivity index is 2.11. The summed E-state index contributed by atoms with van der Waals surface area (Å²) >= 11 is 3.40. The van der Waals surface area contributed by atoms with Crippen molar-refractivity contribution in [2.45, 2.75) is 20.0 Å². The van der Waals surface area contributed by atoms with Crippen LogP contribution in [-0.4, -0.2) is 24.0 Å². The number of nitro benzene ring substituents is 1. The normalized spacial score (nSPS) is 11.5. The maximum atomic E-state index is 12.3. The molecule has 0 saturated carbocycles. The third kappa shape index (κ3) is 4.69. The Hall–Kier alpha value is -2.61. The van der Waals surface area contributed by atoms with E-state index < -0.39 is 16.9 Å². The number of aryl methyl sites for hydroxylation is 1. The molecular weight excluding hydrogens is 392 g/mol. The van der Waals surface area contributed by atoms with Crippen molar-refractivity contribution in [1.82, 2.24) is 0 Å². The third-order valence-electron chi connectivity index (χ3n) is 3.41. The first kappa shape index (κ1) is 18.7. The number of non-ortho nitro benzene ring substituents is 1. The van der Waals surface area contributed by atoms with Crippen molar-refractivity contribution in [2.75, 3.05) is 12.4 Å². The lowest BCUT2D eigenvalue weighted by Crippen LogP contribution is -2.30. The molecule has 1 atom stereocenters. The van der Waals surface area contributed by atoms with Gasteiger partial charge in [0, 0.05) is 6.07 Å². The summed E-state index contributed by atoms with van der Waals surface area (Å²) < 4.78 is 11.5. The largest absolute Gasteiger partial charge is 0.494 e. The van der Waals surface area contributed by atoms with Crippen LogP contribution < -0.4 is 14.8 Å². The number of methoxy groups -OCH3 is 1. The predicted octanol–water partition coefficient (Wildman–Crippen LogP) is 4.08. The van der Waals surface area contributed by atoms with Crippen LogP contribution in [0.2, 0.25) is 0 Å². The third-order valence-corrected chi connectivity index (χ3v) is 4.03. The topological polar surface area (TPSA) is 90.7 Å². The molecular formula is C17H17BrN2O5. The molecule has 0 heterocycles. The van der Waals surface area contributed by atoms with Gasteiger partial charge < -0.3 is 14.8 Å². The Morgan fingerprint density at radius 2 is 1.96 bits per heavy atom. The van der Waals surface area contributed by atoms with Gasteiger partial charge in [-0.1, -0.05) is 6.07 Å². The number of nitrogens with one attached hydrogen (secondary N) is 1. The van der Waals surface area contributed by atoms with E-state index in [1.54, 1.807) is 13.0 Å². The van der Waals surface area contributed by atoms with Gasteiger partial charge in [-0.2, -0.15) is 0 Å². The number of nitro groups is 1. The van der Waals surface area contributed by atoms with Gasteiger partial charge >= 0.3 is 0 Å². The van der Waals surface area contributed by atoms with Gasteiger partial charge in [0.1, 0.15) is 11.5 Å². The monoisotopic (exact) mass is 408 g/mol. The van der Waals surface area contributed by atoms with E-state index in [1.807, 2.05) is 19.1 Å². The van der Waals surface area contributed by atoms with Crippen LogP contribution in [0.3, 0.4) is 0 Å². The van der Waals surface area contributed by atoms with E-state index in [9.17, 15) is 14.9 Å². The Labute approximate surface area is 153 Å². The summed E-state index contributed by atoms with van der Waals surface area (Å²) in [5, 5.41) is 13.5. The van der Waals surface area contributed by atoms with Crippen LogP contribution in [0.25, 0.3) is 0 Å². The molecule has 0 spiro atoms. The van der Waals surface area contributed by atoms with Gasteiger partial charge in [0.2, 0.25) is 0 Å². The summed E-state index contributed by atoms with van der Waals surface area (Å²) in [6.07, 6.45) is -0.779. The summed E-state index contributed by atoms with van der Waals surface area (Å²) in [7, 11) is 1.37. The van der Waals surface area contributed by atoms with Crippen LogP contribution in [0.5, 0.6) is 11.5 Å². The molecule has 0 aliphatic carbocycles. The van der Waals surface area contributed by atoms with Gasteiger partial charge in [0.25, 0.3) is 11.6 Å². The van der Waals surface area contributed by atoms with Crippen molar-refractivity contribution >= 4 is 33.2 Å². The van der Waals surface area contributed by atoms with Crippen molar-refractivity contribution in [3.8, 4) is 11.5 Å². The minimum Gasteiger partial charge on any atom is -0.494 e. The van der Waals surface area contributed by atoms with Crippen LogP contribution in [-0.2, 0) is 4.79 Å². The van der Waals surface area contributed by atoms with Gasteiger partial charge in [0.15, 0.2) is 6.10 Å². The Bertz CT molecular complexity index is 810. The molecule has 0 aliphatic heterocycles. The first-order valence-electron chi connectivity index (χ1n) is 7.38. The highest BCUT2D eigenvalue weighted by atomic mass is 79.9. The van der Waals surface area contributed by atoms with Crippen molar-refractivity contribution in [3.63, 3.8) is 0 Å². The van der Waals surface area contributed by atoms with E-state index in [4.69, 9.17) is 9.47 Å². The van der Waals surface area contributed by atoms with E-state index in [0.29, 0.717) is 11.4 Å². The zero-order chi connectivity index (χ0) is 18.6. The molecule has 2 aromatic rings. The molecule has 0 aromatic heterocycles. The predicted molar refractivity (Wildman–Crippen MR) is 97.2 cm³/mol. The second-order valence-electron chi connectivity index (χ2n) is 5.32. The molecule has 0 unspecified atom stereocenters. The summed E-state index contributed by atoms with van der Waals surface area (Å²) in [4.78, 5) is 22.6. The van der Waals surface area contributed by atoms with Gasteiger partial charge in [-0.15, -0.1) is 0 Å². The molecule has 0 fully saturated rings. The average Bonchev–Trinajstić information content (AvgIpc) is 2.57. The number of nitrogens with zero attached hydrogens (tertiary/aromatic N) is 1. The molecule has 1 amide bonds. The van der Waals surface area contributed by atoms with Crippen molar-refractivity contribution in [2.24, 2.45) is 0 Å². The summed E-state index contributed by atoms with van der Waals surface area (Å²) in [6, 6.07) is 9.50. The summed E-state index contributed by atoms with van der Waals surface area (Å²) in [5.74, 6) is 0.342. The first-order valence-corrected chi connectivity index (χ1v) is 8.17. The molecule has 8 heteroatoms. The van der Waals surface area contributed by atoms with Crippen LogP contribution in [0.1, 0.15) is 12.5 Å². The van der Waals surface area contributed by atoms with Crippen molar-refractivity contribution < 1.29 is 19.2 Å². The number of carbonyl (C=O) groups excluding carboxylic acids is 1. The van der Waals surface area contributed by atoms with E-state index in [1.165, 1.54) is 25.3 Å². The second kappa shape index (κ2) is 7.98. The molecule has 7 nitrogen and oxygen atoms in total. The average molecular weight is 409 g/mol. The number of hydrogen-bond acceptors (Lipinski definition) is 5. The lowest BCUT2D eigenvalue weighted by molar-refractivity contribution is -0.384. The van der Waals surface area contributed by atoms with E-state index in [-0.39, 0.29) is 11.4 Å². The van der Waals surface area contributed by atoms with Crippen LogP contribution in [0.15, 0.2) is 40.9 Å². The SMILES string of the molecule is COc1cc([N+](=O)[O-])ccc1NC(=O)[C@H](C)Oc1ccc(C)cc1Br. The Morgan fingerprint density at radius 1 is 1.24 bits per heavy atom. The fourth-order valence-electron chi connectivity index (χ4n) is 2.08. The number of hydrogen-bond donors (Lipinski definition) is 1. The highest BCUT2D eigenvalue weighted by molar-refractivity contribution is 9.10. The smallest absolute Gasteiger partial charge is 0.273 e. The lowest BCUT2D eigenvalue weighted by Gasteiger charge is -2.17. The van der Waals surface area contributed by atoms with E-state index in [2.05, 4.69) is 21.2 Å². The molecule has 2 rings (SSSR count). The Morgan fingerprint density at radius 3 is 2.56 bits per heavy atom. The molecule has 0 aliphatic rings. The van der Waals surface area contributed by atoms with Gasteiger partial charge in [-0.25, -0.2) is 0 Å². The second-order valence-corrected chi connectivity index (χ2v) is 6.18. The van der Waals surface area contributed by atoms with E-state index in [0.717, 1.165) is 10.0 Å². The number of carbonyl (C=O) groups is 1. The molecule has 2 aromatic carbocycles. The fourth-order valence-corrected chi connectivity index (χ4v) is 2.66. The molecule has 132 valence electrons. The summed E-state index contributed by atoms with van der Waals surface area (Å²) in [5.41, 5.74) is 1.27. The maximum absolute atomic E-state index is 12.3.